The van der Waals surface area contributed by atoms with Crippen LogP contribution in [0.15, 0.2) is 53.3 Å². The Morgan fingerprint density at radius 3 is 2.67 bits per heavy atom. The molecule has 0 unspecified atom stereocenters. The van der Waals surface area contributed by atoms with Crippen molar-refractivity contribution in [2.24, 2.45) is 0 Å². The van der Waals surface area contributed by atoms with E-state index >= 15 is 0 Å². The Balaban J connectivity index is 1.79. The predicted octanol–water partition coefficient (Wildman–Crippen LogP) is 3.42. The van der Waals surface area contributed by atoms with E-state index in [4.69, 9.17) is 10.7 Å². The van der Waals surface area contributed by atoms with E-state index in [0.29, 0.717) is 41.6 Å². The van der Waals surface area contributed by atoms with Gasteiger partial charge in [0.2, 0.25) is 5.95 Å². The summed E-state index contributed by atoms with van der Waals surface area (Å²) < 4.78 is 16.1. The van der Waals surface area contributed by atoms with Crippen LogP contribution >= 0.6 is 0 Å². The van der Waals surface area contributed by atoms with Gasteiger partial charge in [-0.1, -0.05) is 24.3 Å². The van der Waals surface area contributed by atoms with Crippen LogP contribution in [0.3, 0.4) is 0 Å². The molecule has 3 heterocycles. The minimum absolute atomic E-state index is 0.0607. The number of nitrogens with two attached hydrogens (primary N) is 1. The zero-order valence-corrected chi connectivity index (χ0v) is 17.9. The molecule has 0 bridgehead atoms. The van der Waals surface area contributed by atoms with E-state index < -0.39 is 11.4 Å². The number of anilines is 2. The summed E-state index contributed by atoms with van der Waals surface area (Å²) >= 11 is 0. The highest BCUT2D eigenvalue weighted by Gasteiger charge is 2.34. The number of fused-ring (bicyclic) bond motifs is 1. The van der Waals surface area contributed by atoms with Gasteiger partial charge in [0, 0.05) is 6.54 Å². The van der Waals surface area contributed by atoms with Gasteiger partial charge >= 0.3 is 0 Å². The molecule has 0 amide bonds. The second-order valence-electron chi connectivity index (χ2n) is 7.91. The number of nitriles is 1. The number of hydrogen-bond donors (Lipinski definition) is 1. The molecule has 33 heavy (non-hydrogen) atoms. The van der Waals surface area contributed by atoms with E-state index in [0.717, 1.165) is 6.42 Å². The molecule has 1 saturated heterocycles. The SMILES string of the molecule is Cc1nc(N)nc(N2CCC[C@H]2c2nc3cccc(F)c3c(=O)n2-c2ccccc2)c1C#N. The van der Waals surface area contributed by atoms with Crippen LogP contribution in [-0.2, 0) is 0 Å². The van der Waals surface area contributed by atoms with Crippen LogP contribution in [0.2, 0.25) is 0 Å². The fraction of sp³-hybridized carbons (Fsp3) is 0.208. The lowest BCUT2D eigenvalue weighted by Gasteiger charge is -2.28. The van der Waals surface area contributed by atoms with Crippen LogP contribution in [0.5, 0.6) is 0 Å². The van der Waals surface area contributed by atoms with Crippen molar-refractivity contribution in [3.05, 3.63) is 81.8 Å². The van der Waals surface area contributed by atoms with Gasteiger partial charge < -0.3 is 10.6 Å². The van der Waals surface area contributed by atoms with Crippen molar-refractivity contribution in [2.45, 2.75) is 25.8 Å². The average molecular weight is 441 g/mol. The minimum Gasteiger partial charge on any atom is -0.368 e. The molecule has 164 valence electrons. The van der Waals surface area contributed by atoms with Gasteiger partial charge in [0.1, 0.15) is 28.7 Å². The van der Waals surface area contributed by atoms with Gasteiger partial charge in [0.25, 0.3) is 5.56 Å². The summed E-state index contributed by atoms with van der Waals surface area (Å²) in [6.45, 7) is 2.31. The maximum Gasteiger partial charge on any atom is 0.269 e. The maximum atomic E-state index is 14.7. The van der Waals surface area contributed by atoms with Gasteiger partial charge in [-0.3, -0.25) is 9.36 Å². The fourth-order valence-electron chi connectivity index (χ4n) is 4.46. The van der Waals surface area contributed by atoms with Crippen LogP contribution in [0.1, 0.15) is 36.0 Å². The van der Waals surface area contributed by atoms with Crippen molar-refractivity contribution in [3.8, 4) is 11.8 Å². The standard InChI is InChI=1S/C24H20FN7O/c1-14-16(13-26)21(30-24(27)28-14)31-12-6-11-19(31)22-29-18-10-5-9-17(25)20(18)23(33)32(22)15-7-3-2-4-8-15/h2-5,7-10,19H,6,11-12H2,1H3,(H2,27,28,30)/t19-/m0/s1. The zero-order valence-electron chi connectivity index (χ0n) is 17.9. The van der Waals surface area contributed by atoms with Gasteiger partial charge in [-0.05, 0) is 44.0 Å². The zero-order chi connectivity index (χ0) is 23.1. The van der Waals surface area contributed by atoms with Crippen molar-refractivity contribution < 1.29 is 4.39 Å². The van der Waals surface area contributed by atoms with Crippen LogP contribution in [-0.4, -0.2) is 26.1 Å². The Kier molecular flexibility index (Phi) is 4.98. The van der Waals surface area contributed by atoms with E-state index in [2.05, 4.69) is 16.0 Å². The van der Waals surface area contributed by atoms with Crippen LogP contribution in [0.25, 0.3) is 16.6 Å². The van der Waals surface area contributed by atoms with Crippen LogP contribution in [0.4, 0.5) is 16.2 Å². The highest BCUT2D eigenvalue weighted by molar-refractivity contribution is 5.79. The highest BCUT2D eigenvalue weighted by atomic mass is 19.1. The summed E-state index contributed by atoms with van der Waals surface area (Å²) in [7, 11) is 0. The first kappa shape index (κ1) is 20.6. The molecule has 4 aromatic rings. The van der Waals surface area contributed by atoms with Crippen molar-refractivity contribution in [1.29, 1.82) is 5.26 Å². The molecule has 1 aliphatic heterocycles. The molecule has 2 N–H and O–H groups in total. The molecule has 0 aliphatic carbocycles. The van der Waals surface area contributed by atoms with E-state index in [1.807, 2.05) is 23.1 Å². The van der Waals surface area contributed by atoms with Gasteiger partial charge in [0.05, 0.1) is 22.9 Å². The van der Waals surface area contributed by atoms with Crippen molar-refractivity contribution in [3.63, 3.8) is 0 Å². The van der Waals surface area contributed by atoms with E-state index in [-0.39, 0.29) is 22.9 Å². The van der Waals surface area contributed by atoms with Crippen LogP contribution < -0.4 is 16.2 Å². The normalized spacial score (nSPS) is 15.7. The summed E-state index contributed by atoms with van der Waals surface area (Å²) in [5.41, 5.74) is 7.10. The van der Waals surface area contributed by atoms with Crippen LogP contribution in [0, 0.1) is 24.1 Å². The lowest BCUT2D eigenvalue weighted by molar-refractivity contribution is 0.620. The number of benzene rings is 2. The molecule has 0 spiro atoms. The minimum atomic E-state index is -0.615. The number of aryl methyl sites for hydroxylation is 1. The summed E-state index contributed by atoms with van der Waals surface area (Å²) in [6, 6.07) is 15.3. The number of para-hydroxylation sites is 1. The first-order valence-corrected chi connectivity index (χ1v) is 10.6. The summed E-state index contributed by atoms with van der Waals surface area (Å²) in [5, 5.41) is 9.69. The monoisotopic (exact) mass is 441 g/mol. The Labute approximate surface area is 188 Å². The lowest BCUT2D eigenvalue weighted by atomic mass is 10.1. The quantitative estimate of drug-likeness (QED) is 0.518. The van der Waals surface area contributed by atoms with Gasteiger partial charge in [-0.15, -0.1) is 0 Å². The van der Waals surface area contributed by atoms with E-state index in [1.54, 1.807) is 25.1 Å². The Morgan fingerprint density at radius 2 is 1.91 bits per heavy atom. The molecule has 1 aliphatic rings. The third-order valence-corrected chi connectivity index (χ3v) is 5.91. The van der Waals surface area contributed by atoms with E-state index in [1.165, 1.54) is 16.7 Å². The van der Waals surface area contributed by atoms with Crippen molar-refractivity contribution in [2.75, 3.05) is 17.2 Å². The maximum absolute atomic E-state index is 14.7. The number of hydrogen-bond acceptors (Lipinski definition) is 7. The molecule has 9 heteroatoms. The average Bonchev–Trinajstić information content (AvgIpc) is 3.28. The smallest absolute Gasteiger partial charge is 0.269 e. The first-order chi connectivity index (χ1) is 16.0. The Bertz CT molecular complexity index is 1480. The fourth-order valence-corrected chi connectivity index (χ4v) is 4.46. The molecule has 1 fully saturated rings. The molecule has 0 radical (unpaired) electrons. The summed E-state index contributed by atoms with van der Waals surface area (Å²) in [5.74, 6) is 0.329. The molecule has 2 aromatic heterocycles. The second-order valence-corrected chi connectivity index (χ2v) is 7.91. The van der Waals surface area contributed by atoms with Gasteiger partial charge in [-0.25, -0.2) is 14.4 Å². The van der Waals surface area contributed by atoms with Gasteiger partial charge in [0.15, 0.2) is 5.82 Å². The number of nitrogen functional groups attached to an aromatic ring is 1. The number of aromatic nitrogens is 4. The second kappa shape index (κ2) is 7.98. The third kappa shape index (κ3) is 3.36. The van der Waals surface area contributed by atoms with Gasteiger partial charge in [-0.2, -0.15) is 10.2 Å². The first-order valence-electron chi connectivity index (χ1n) is 10.6. The molecule has 1 atom stereocenters. The Morgan fingerprint density at radius 1 is 1.12 bits per heavy atom. The third-order valence-electron chi connectivity index (χ3n) is 5.91. The molecular weight excluding hydrogens is 421 g/mol. The molecule has 5 rings (SSSR count). The number of rotatable bonds is 3. The van der Waals surface area contributed by atoms with Crippen molar-refractivity contribution in [1.82, 2.24) is 19.5 Å². The summed E-state index contributed by atoms with van der Waals surface area (Å²) in [4.78, 5) is 28.7. The largest absolute Gasteiger partial charge is 0.368 e. The number of halogens is 1. The molecule has 0 saturated carbocycles. The number of nitrogens with zero attached hydrogens (tertiary/aromatic N) is 6. The Hall–Kier alpha value is -4.32. The lowest BCUT2D eigenvalue weighted by Crippen LogP contribution is -2.33. The topological polar surface area (TPSA) is 114 Å². The molecular formula is C24H20FN7O. The van der Waals surface area contributed by atoms with Crippen molar-refractivity contribution >= 4 is 22.7 Å². The molecule has 8 nitrogen and oxygen atoms in total. The summed E-state index contributed by atoms with van der Waals surface area (Å²) in [6.07, 6.45) is 1.47. The predicted molar refractivity (Wildman–Crippen MR) is 123 cm³/mol. The van der Waals surface area contributed by atoms with E-state index in [9.17, 15) is 14.4 Å². The molecule has 2 aromatic carbocycles. The highest BCUT2D eigenvalue weighted by Crippen LogP contribution is 2.37.